The van der Waals surface area contributed by atoms with Gasteiger partial charge in [-0.25, -0.2) is 4.98 Å². The summed E-state index contributed by atoms with van der Waals surface area (Å²) in [4.78, 5) is 7.00. The van der Waals surface area contributed by atoms with Crippen LogP contribution in [-0.2, 0) is 17.7 Å². The van der Waals surface area contributed by atoms with E-state index in [-0.39, 0.29) is 0 Å². The Balaban J connectivity index is 2.84. The van der Waals surface area contributed by atoms with Gasteiger partial charge >= 0.3 is 0 Å². The number of anilines is 1. The van der Waals surface area contributed by atoms with E-state index in [1.807, 2.05) is 14.0 Å². The largest absolute Gasteiger partial charge is 0.380 e. The third-order valence-corrected chi connectivity index (χ3v) is 3.08. The van der Waals surface area contributed by atoms with Crippen molar-refractivity contribution < 1.29 is 4.74 Å². The van der Waals surface area contributed by atoms with Gasteiger partial charge < -0.3 is 15.0 Å². The minimum absolute atomic E-state index is 0.754. The molecule has 0 saturated heterocycles. The van der Waals surface area contributed by atoms with Crippen molar-refractivity contribution in [3.8, 4) is 0 Å². The lowest BCUT2D eigenvalue weighted by molar-refractivity contribution is 0.154. The average Bonchev–Trinajstić information content (AvgIpc) is 2.43. The molecule has 0 aliphatic rings. The molecular formula is C15H27N3O. The molecule has 0 aromatic carbocycles. The van der Waals surface area contributed by atoms with Crippen molar-refractivity contribution in [1.29, 1.82) is 0 Å². The summed E-state index contributed by atoms with van der Waals surface area (Å²) in [7, 11) is 1.97. The first-order valence-electron chi connectivity index (χ1n) is 7.22. The summed E-state index contributed by atoms with van der Waals surface area (Å²) < 4.78 is 5.44. The molecule has 0 aliphatic heterocycles. The number of hydrogen-bond acceptors (Lipinski definition) is 4. The van der Waals surface area contributed by atoms with Crippen molar-refractivity contribution in [3.63, 3.8) is 0 Å². The Morgan fingerprint density at radius 1 is 1.26 bits per heavy atom. The number of nitrogens with one attached hydrogen (secondary N) is 1. The smallest absolute Gasteiger partial charge is 0.129 e. The van der Waals surface area contributed by atoms with E-state index in [9.17, 15) is 0 Å². The maximum Gasteiger partial charge on any atom is 0.129 e. The summed E-state index contributed by atoms with van der Waals surface area (Å²) in [5.74, 6) is 1.06. The number of rotatable bonds is 9. The van der Waals surface area contributed by atoms with Crippen molar-refractivity contribution in [1.82, 2.24) is 10.3 Å². The molecule has 0 fully saturated rings. The SMILES string of the molecule is CCOCCN(CC)c1cc(CNC)cc(CC)n1. The van der Waals surface area contributed by atoms with E-state index in [4.69, 9.17) is 9.72 Å². The molecule has 0 atom stereocenters. The summed E-state index contributed by atoms with van der Waals surface area (Å²) in [5, 5.41) is 3.20. The zero-order valence-electron chi connectivity index (χ0n) is 12.7. The molecular weight excluding hydrogens is 238 g/mol. The summed E-state index contributed by atoms with van der Waals surface area (Å²) in [5.41, 5.74) is 2.44. The van der Waals surface area contributed by atoms with E-state index in [1.54, 1.807) is 0 Å². The fraction of sp³-hybridized carbons (Fsp3) is 0.667. The lowest BCUT2D eigenvalue weighted by atomic mass is 10.2. The fourth-order valence-corrected chi connectivity index (χ4v) is 2.04. The number of hydrogen-bond donors (Lipinski definition) is 1. The van der Waals surface area contributed by atoms with Crippen molar-refractivity contribution in [2.45, 2.75) is 33.7 Å². The number of aromatic nitrogens is 1. The maximum absolute atomic E-state index is 5.44. The number of likely N-dealkylation sites (N-methyl/N-ethyl adjacent to an activating group) is 1. The normalized spacial score (nSPS) is 10.7. The Kier molecular flexibility index (Phi) is 7.45. The van der Waals surface area contributed by atoms with Crippen molar-refractivity contribution >= 4 is 5.82 Å². The molecule has 108 valence electrons. The summed E-state index contributed by atoms with van der Waals surface area (Å²) in [6.45, 7) is 10.6. The molecule has 0 saturated carbocycles. The molecule has 19 heavy (non-hydrogen) atoms. The predicted molar refractivity (Wildman–Crippen MR) is 80.8 cm³/mol. The van der Waals surface area contributed by atoms with E-state index in [2.05, 4.69) is 36.2 Å². The third kappa shape index (κ3) is 5.17. The van der Waals surface area contributed by atoms with E-state index in [0.29, 0.717) is 0 Å². The van der Waals surface area contributed by atoms with Gasteiger partial charge in [-0.1, -0.05) is 6.92 Å². The van der Waals surface area contributed by atoms with Gasteiger partial charge in [0.15, 0.2) is 0 Å². The first kappa shape index (κ1) is 15.9. The molecule has 0 unspecified atom stereocenters. The second kappa shape index (κ2) is 8.88. The molecule has 1 aromatic heterocycles. The zero-order chi connectivity index (χ0) is 14.1. The Bertz CT molecular complexity index is 368. The summed E-state index contributed by atoms with van der Waals surface area (Å²) in [6.07, 6.45) is 0.966. The second-order valence-electron chi connectivity index (χ2n) is 4.49. The molecule has 1 heterocycles. The first-order valence-corrected chi connectivity index (χ1v) is 7.22. The van der Waals surface area contributed by atoms with Crippen LogP contribution in [0.2, 0.25) is 0 Å². The van der Waals surface area contributed by atoms with Gasteiger partial charge in [-0.3, -0.25) is 0 Å². The Hall–Kier alpha value is -1.13. The lowest BCUT2D eigenvalue weighted by Crippen LogP contribution is -2.28. The van der Waals surface area contributed by atoms with Crippen LogP contribution in [0.5, 0.6) is 0 Å². The molecule has 0 aliphatic carbocycles. The van der Waals surface area contributed by atoms with Gasteiger partial charge in [-0.15, -0.1) is 0 Å². The second-order valence-corrected chi connectivity index (χ2v) is 4.49. The van der Waals surface area contributed by atoms with Gasteiger partial charge in [0, 0.05) is 31.9 Å². The summed E-state index contributed by atoms with van der Waals surface area (Å²) in [6, 6.07) is 4.35. The first-order chi connectivity index (χ1) is 9.24. The van der Waals surface area contributed by atoms with E-state index in [0.717, 1.165) is 50.8 Å². The number of ether oxygens (including phenoxy) is 1. The summed E-state index contributed by atoms with van der Waals surface area (Å²) >= 11 is 0. The highest BCUT2D eigenvalue weighted by molar-refractivity contribution is 5.42. The number of pyridine rings is 1. The van der Waals surface area contributed by atoms with Crippen LogP contribution in [0.1, 0.15) is 32.0 Å². The molecule has 4 nitrogen and oxygen atoms in total. The van der Waals surface area contributed by atoms with Gasteiger partial charge in [0.1, 0.15) is 5.82 Å². The molecule has 1 aromatic rings. The minimum atomic E-state index is 0.754. The molecule has 0 bridgehead atoms. The highest BCUT2D eigenvalue weighted by Gasteiger charge is 2.08. The van der Waals surface area contributed by atoms with Crippen LogP contribution in [0.4, 0.5) is 5.82 Å². The van der Waals surface area contributed by atoms with Gasteiger partial charge in [0.05, 0.1) is 6.61 Å². The lowest BCUT2D eigenvalue weighted by Gasteiger charge is -2.23. The van der Waals surface area contributed by atoms with E-state index >= 15 is 0 Å². The van der Waals surface area contributed by atoms with Crippen molar-refractivity contribution in [3.05, 3.63) is 23.4 Å². The predicted octanol–water partition coefficient (Wildman–Crippen LogP) is 2.23. The van der Waals surface area contributed by atoms with Crippen LogP contribution in [0, 0.1) is 0 Å². The average molecular weight is 265 g/mol. The molecule has 1 N–H and O–H groups in total. The van der Waals surface area contributed by atoms with Crippen LogP contribution >= 0.6 is 0 Å². The van der Waals surface area contributed by atoms with Crippen LogP contribution in [0.15, 0.2) is 12.1 Å². The molecule has 0 amide bonds. The monoisotopic (exact) mass is 265 g/mol. The van der Waals surface area contributed by atoms with Gasteiger partial charge in [-0.2, -0.15) is 0 Å². The van der Waals surface area contributed by atoms with Crippen LogP contribution in [0.3, 0.4) is 0 Å². The quantitative estimate of drug-likeness (QED) is 0.695. The van der Waals surface area contributed by atoms with Gasteiger partial charge in [0.2, 0.25) is 0 Å². The van der Waals surface area contributed by atoms with Crippen molar-refractivity contribution in [2.24, 2.45) is 0 Å². The van der Waals surface area contributed by atoms with Gasteiger partial charge in [0.25, 0.3) is 0 Å². The van der Waals surface area contributed by atoms with Crippen LogP contribution < -0.4 is 10.2 Å². The van der Waals surface area contributed by atoms with Crippen LogP contribution in [-0.4, -0.2) is 38.3 Å². The highest BCUT2D eigenvalue weighted by Crippen LogP contribution is 2.15. The Morgan fingerprint density at radius 2 is 2.05 bits per heavy atom. The maximum atomic E-state index is 5.44. The standard InChI is InChI=1S/C15H27N3O/c1-5-14-10-13(12-16-4)11-15(17-14)18(6-2)8-9-19-7-3/h10-11,16H,5-9,12H2,1-4H3. The third-order valence-electron chi connectivity index (χ3n) is 3.08. The van der Waals surface area contributed by atoms with Gasteiger partial charge in [-0.05, 0) is 45.0 Å². The molecule has 0 spiro atoms. The zero-order valence-corrected chi connectivity index (χ0v) is 12.7. The Morgan fingerprint density at radius 3 is 2.63 bits per heavy atom. The Labute approximate surface area is 117 Å². The highest BCUT2D eigenvalue weighted by atomic mass is 16.5. The number of nitrogens with zero attached hydrogens (tertiary/aromatic N) is 2. The molecule has 4 heteroatoms. The fourth-order valence-electron chi connectivity index (χ4n) is 2.04. The molecule has 1 rings (SSSR count). The molecule has 0 radical (unpaired) electrons. The van der Waals surface area contributed by atoms with E-state index < -0.39 is 0 Å². The van der Waals surface area contributed by atoms with E-state index in [1.165, 1.54) is 5.56 Å². The van der Waals surface area contributed by atoms with Crippen LogP contribution in [0.25, 0.3) is 0 Å². The topological polar surface area (TPSA) is 37.4 Å². The minimum Gasteiger partial charge on any atom is -0.380 e. The number of aryl methyl sites for hydroxylation is 1. The van der Waals surface area contributed by atoms with Crippen molar-refractivity contribution in [2.75, 3.05) is 38.3 Å².